The molecule has 194 valence electrons. The number of aliphatic hydroxyl groups excluding tert-OH is 1. The van der Waals surface area contributed by atoms with E-state index in [1.165, 1.54) is 0 Å². The van der Waals surface area contributed by atoms with Crippen LogP contribution in [-0.2, 0) is 14.3 Å². The van der Waals surface area contributed by atoms with E-state index in [4.69, 9.17) is 9.47 Å². The van der Waals surface area contributed by atoms with Crippen molar-refractivity contribution in [1.82, 2.24) is 4.98 Å². The van der Waals surface area contributed by atoms with Crippen LogP contribution in [0.25, 0.3) is 0 Å². The fourth-order valence-corrected chi connectivity index (χ4v) is 9.16. The molecule has 36 heavy (non-hydrogen) atoms. The second-order valence-corrected chi connectivity index (χ2v) is 12.4. The SMILES string of the molecule is C[C@]12CC[C@@H](OC(=O)c3cccnc3)C[C@@H]1CC[C@H]1[C@@H]2C[C@H](O)[C@@]2(C)[C@H](C3=CC(=O)OC3)CC[C@@]12O. The molecule has 7 heteroatoms. The van der Waals surface area contributed by atoms with E-state index in [9.17, 15) is 19.8 Å². The number of carbonyl (C=O) groups is 2. The van der Waals surface area contributed by atoms with Gasteiger partial charge in [-0.2, -0.15) is 0 Å². The van der Waals surface area contributed by atoms with Crippen LogP contribution in [0.4, 0.5) is 0 Å². The summed E-state index contributed by atoms with van der Waals surface area (Å²) in [5.41, 5.74) is -0.266. The van der Waals surface area contributed by atoms with E-state index in [1.807, 2.05) is 6.92 Å². The number of nitrogens with zero attached hydrogens (tertiary/aromatic N) is 1. The first-order valence-electron chi connectivity index (χ1n) is 13.6. The zero-order valence-electron chi connectivity index (χ0n) is 21.2. The summed E-state index contributed by atoms with van der Waals surface area (Å²) in [7, 11) is 0. The molecule has 4 saturated carbocycles. The highest BCUT2D eigenvalue weighted by molar-refractivity contribution is 5.89. The first-order valence-corrected chi connectivity index (χ1v) is 13.6. The van der Waals surface area contributed by atoms with Gasteiger partial charge in [-0.05, 0) is 98.2 Å². The van der Waals surface area contributed by atoms with Crippen LogP contribution in [0, 0.1) is 34.5 Å². The van der Waals surface area contributed by atoms with Crippen LogP contribution >= 0.6 is 0 Å². The quantitative estimate of drug-likeness (QED) is 0.614. The van der Waals surface area contributed by atoms with Gasteiger partial charge in [0.25, 0.3) is 0 Å². The number of rotatable bonds is 3. The average Bonchev–Trinajstić information content (AvgIpc) is 3.41. The molecule has 6 rings (SSSR count). The molecule has 7 nitrogen and oxygen atoms in total. The highest BCUT2D eigenvalue weighted by atomic mass is 16.5. The number of pyridine rings is 1. The Hall–Kier alpha value is -2.25. The Balaban J connectivity index is 1.21. The van der Waals surface area contributed by atoms with Crippen molar-refractivity contribution in [3.8, 4) is 0 Å². The summed E-state index contributed by atoms with van der Waals surface area (Å²) < 4.78 is 11.1. The van der Waals surface area contributed by atoms with Crippen LogP contribution < -0.4 is 0 Å². The number of ether oxygens (including phenoxy) is 2. The largest absolute Gasteiger partial charge is 0.459 e. The Labute approximate surface area is 212 Å². The molecule has 2 N–H and O–H groups in total. The molecule has 0 bridgehead atoms. The van der Waals surface area contributed by atoms with Crippen molar-refractivity contribution in [3.63, 3.8) is 0 Å². The highest BCUT2D eigenvalue weighted by Gasteiger charge is 2.70. The second kappa shape index (κ2) is 8.38. The number of aliphatic hydroxyl groups is 2. The van der Waals surface area contributed by atoms with E-state index in [1.54, 1.807) is 30.6 Å². The first kappa shape index (κ1) is 24.1. The summed E-state index contributed by atoms with van der Waals surface area (Å²) in [4.78, 5) is 28.4. The molecule has 0 amide bonds. The Morgan fingerprint density at radius 2 is 1.97 bits per heavy atom. The third kappa shape index (κ3) is 3.34. The molecular formula is C29H37NO6. The van der Waals surface area contributed by atoms with Gasteiger partial charge in [0.05, 0.1) is 17.3 Å². The number of cyclic esters (lactones) is 1. The Kier molecular flexibility index (Phi) is 5.61. The molecule has 2 heterocycles. The third-order valence-corrected chi connectivity index (χ3v) is 11.2. The smallest absolute Gasteiger partial charge is 0.339 e. The molecule has 1 aromatic heterocycles. The van der Waals surface area contributed by atoms with Gasteiger partial charge in [0.2, 0.25) is 0 Å². The van der Waals surface area contributed by atoms with Crippen molar-refractivity contribution in [3.05, 3.63) is 41.7 Å². The number of esters is 2. The molecule has 9 atom stereocenters. The van der Waals surface area contributed by atoms with Gasteiger partial charge >= 0.3 is 11.9 Å². The predicted octanol–water partition coefficient (Wildman–Crippen LogP) is 3.83. The number of carbonyl (C=O) groups excluding carboxylic acids is 2. The molecule has 0 spiro atoms. The minimum absolute atomic E-state index is 0.0119. The molecule has 4 fully saturated rings. The lowest BCUT2D eigenvalue weighted by Gasteiger charge is -2.65. The van der Waals surface area contributed by atoms with Crippen LogP contribution in [-0.4, -0.2) is 51.6 Å². The van der Waals surface area contributed by atoms with Crippen LogP contribution in [0.1, 0.15) is 75.6 Å². The molecule has 1 aliphatic heterocycles. The van der Waals surface area contributed by atoms with E-state index < -0.39 is 17.1 Å². The fourth-order valence-electron chi connectivity index (χ4n) is 9.16. The normalized spacial score (nSPS) is 45.7. The maximum absolute atomic E-state index is 12.6. The van der Waals surface area contributed by atoms with Gasteiger partial charge < -0.3 is 19.7 Å². The Bertz CT molecular complexity index is 1090. The Morgan fingerprint density at radius 1 is 1.14 bits per heavy atom. The zero-order valence-corrected chi connectivity index (χ0v) is 21.2. The van der Waals surface area contributed by atoms with Gasteiger partial charge in [0.1, 0.15) is 12.7 Å². The summed E-state index contributed by atoms with van der Waals surface area (Å²) in [6, 6.07) is 3.47. The van der Waals surface area contributed by atoms with Crippen LogP contribution in [0.2, 0.25) is 0 Å². The summed E-state index contributed by atoms with van der Waals surface area (Å²) in [5, 5.41) is 24.0. The van der Waals surface area contributed by atoms with Crippen molar-refractivity contribution in [2.45, 2.75) is 83.0 Å². The van der Waals surface area contributed by atoms with E-state index in [0.29, 0.717) is 24.3 Å². The van der Waals surface area contributed by atoms with Gasteiger partial charge in [0.15, 0.2) is 0 Å². The van der Waals surface area contributed by atoms with Gasteiger partial charge in [-0.1, -0.05) is 13.8 Å². The van der Waals surface area contributed by atoms with E-state index in [0.717, 1.165) is 44.1 Å². The monoisotopic (exact) mass is 495 g/mol. The van der Waals surface area contributed by atoms with Gasteiger partial charge in [0, 0.05) is 23.9 Å². The predicted molar refractivity (Wildman–Crippen MR) is 131 cm³/mol. The lowest BCUT2D eigenvalue weighted by atomic mass is 9.42. The number of hydrogen-bond acceptors (Lipinski definition) is 7. The summed E-state index contributed by atoms with van der Waals surface area (Å²) in [6.07, 6.45) is 10.5. The molecule has 4 aliphatic carbocycles. The van der Waals surface area contributed by atoms with E-state index in [-0.39, 0.29) is 47.8 Å². The molecule has 0 unspecified atom stereocenters. The van der Waals surface area contributed by atoms with E-state index in [2.05, 4.69) is 11.9 Å². The molecule has 0 aromatic carbocycles. The third-order valence-electron chi connectivity index (χ3n) is 11.2. The van der Waals surface area contributed by atoms with Crippen molar-refractivity contribution < 1.29 is 29.3 Å². The number of hydrogen-bond donors (Lipinski definition) is 2. The van der Waals surface area contributed by atoms with Crippen LogP contribution in [0.15, 0.2) is 36.2 Å². The van der Waals surface area contributed by atoms with Gasteiger partial charge in [-0.25, -0.2) is 9.59 Å². The van der Waals surface area contributed by atoms with Crippen LogP contribution in [0.3, 0.4) is 0 Å². The number of fused-ring (bicyclic) bond motifs is 5. The molecule has 0 radical (unpaired) electrons. The summed E-state index contributed by atoms with van der Waals surface area (Å²) >= 11 is 0. The van der Waals surface area contributed by atoms with Crippen LogP contribution in [0.5, 0.6) is 0 Å². The second-order valence-electron chi connectivity index (χ2n) is 12.4. The first-order chi connectivity index (χ1) is 17.2. The molecule has 0 saturated heterocycles. The maximum Gasteiger partial charge on any atom is 0.339 e. The average molecular weight is 496 g/mol. The molecule has 5 aliphatic rings. The standard InChI is InChI=1S/C29H37NO6/c1-27-9-7-20(36-26(33)17-4-3-11-30-15-17)13-19(27)5-6-22-23(27)14-24(31)28(2)21(8-10-29(22,28)34)18-12-25(32)35-16-18/h3-4,11-12,15,19-24,31,34H,5-10,13-14,16H2,1-2H3/t19-,20+,21-,22-,23-,24-,27-,28+,29+/m0/s1. The number of aromatic nitrogens is 1. The fraction of sp³-hybridized carbons (Fsp3) is 0.690. The molecular weight excluding hydrogens is 458 g/mol. The molecule has 1 aromatic rings. The van der Waals surface area contributed by atoms with Gasteiger partial charge in [-0.3, -0.25) is 4.98 Å². The zero-order chi connectivity index (χ0) is 25.3. The minimum atomic E-state index is -0.968. The maximum atomic E-state index is 12.6. The lowest BCUT2D eigenvalue weighted by molar-refractivity contribution is -0.244. The lowest BCUT2D eigenvalue weighted by Crippen LogP contribution is -2.67. The highest BCUT2D eigenvalue weighted by Crippen LogP contribution is 2.70. The van der Waals surface area contributed by atoms with Crippen molar-refractivity contribution in [2.24, 2.45) is 34.5 Å². The van der Waals surface area contributed by atoms with Gasteiger partial charge in [-0.15, -0.1) is 0 Å². The van der Waals surface area contributed by atoms with Crippen molar-refractivity contribution in [2.75, 3.05) is 6.61 Å². The van der Waals surface area contributed by atoms with Crippen molar-refractivity contribution in [1.29, 1.82) is 0 Å². The summed E-state index contributed by atoms with van der Waals surface area (Å²) in [5.74, 6) is 0.0439. The Morgan fingerprint density at radius 3 is 2.69 bits per heavy atom. The van der Waals surface area contributed by atoms with E-state index >= 15 is 0 Å². The minimum Gasteiger partial charge on any atom is -0.459 e. The van der Waals surface area contributed by atoms with Crippen molar-refractivity contribution >= 4 is 11.9 Å². The summed E-state index contributed by atoms with van der Waals surface area (Å²) in [6.45, 7) is 4.65. The topological polar surface area (TPSA) is 106 Å².